The fourth-order valence-electron chi connectivity index (χ4n) is 10.8. The molecule has 0 saturated heterocycles. The first-order chi connectivity index (χ1) is 19.6. The van der Waals surface area contributed by atoms with Gasteiger partial charge in [-0.1, -0.05) is 39.0 Å². The molecule has 1 aromatic heterocycles. The molecule has 10 atom stereocenters. The Labute approximate surface area is 245 Å². The third-order valence-electron chi connectivity index (χ3n) is 13.0. The number of aliphatic hydroxyl groups is 1. The number of aliphatic hydroxyl groups excluding tert-OH is 1. The lowest BCUT2D eigenvalue weighted by molar-refractivity contribution is -0.141. The van der Waals surface area contributed by atoms with E-state index in [1.165, 1.54) is 44.9 Å². The third kappa shape index (κ3) is 5.13. The van der Waals surface area contributed by atoms with Crippen LogP contribution in [0.1, 0.15) is 97.0 Å². The highest BCUT2D eigenvalue weighted by atomic mass is 16.4. The number of carboxylic acids is 1. The number of rotatable bonds is 8. The highest BCUT2D eigenvalue weighted by Crippen LogP contribution is 2.68. The minimum absolute atomic E-state index is 0.0910. The zero-order chi connectivity index (χ0) is 28.9. The van der Waals surface area contributed by atoms with E-state index in [4.69, 9.17) is 0 Å². The van der Waals surface area contributed by atoms with Crippen molar-refractivity contribution >= 4 is 22.8 Å². The third-order valence-corrected chi connectivity index (χ3v) is 13.0. The van der Waals surface area contributed by atoms with Crippen molar-refractivity contribution in [1.82, 2.24) is 10.3 Å². The maximum absolute atomic E-state index is 13.0. The number of aromatic nitrogens is 1. The molecule has 0 bridgehead atoms. The number of H-pyrrole nitrogens is 1. The summed E-state index contributed by atoms with van der Waals surface area (Å²) in [6.45, 7) is 7.45. The van der Waals surface area contributed by atoms with Crippen LogP contribution >= 0.6 is 0 Å². The largest absolute Gasteiger partial charge is 0.480 e. The predicted octanol–water partition coefficient (Wildman–Crippen LogP) is 6.72. The van der Waals surface area contributed by atoms with Crippen molar-refractivity contribution in [2.24, 2.45) is 46.3 Å². The second-order valence-corrected chi connectivity index (χ2v) is 14.9. The van der Waals surface area contributed by atoms with Crippen LogP contribution in [0.4, 0.5) is 0 Å². The highest BCUT2D eigenvalue weighted by molar-refractivity contribution is 5.86. The van der Waals surface area contributed by atoms with Gasteiger partial charge in [0.1, 0.15) is 6.04 Å². The van der Waals surface area contributed by atoms with Crippen molar-refractivity contribution in [2.75, 3.05) is 0 Å². The summed E-state index contributed by atoms with van der Waals surface area (Å²) < 4.78 is 0. The van der Waals surface area contributed by atoms with E-state index in [2.05, 4.69) is 31.1 Å². The first-order valence-corrected chi connectivity index (χ1v) is 16.4. The molecule has 6 heteroatoms. The van der Waals surface area contributed by atoms with Crippen LogP contribution in [0, 0.1) is 46.3 Å². The van der Waals surface area contributed by atoms with E-state index in [0.29, 0.717) is 35.0 Å². The SMILES string of the molecule is C[C@H](CCC(=O)N[C@H](Cc1c[nH]c2ccccc12)C(=O)O)[C@H]1CC[C@H]2[C@@H]3CC[C@@H]4C[C@H](O)CC[C@]4(C)[C@H]3CC[C@]12C. The fraction of sp³-hybridized carbons (Fsp3) is 0.714. The quantitative estimate of drug-likeness (QED) is 0.287. The van der Waals surface area contributed by atoms with Crippen molar-refractivity contribution in [3.63, 3.8) is 0 Å². The van der Waals surface area contributed by atoms with E-state index in [-0.39, 0.29) is 18.4 Å². The first-order valence-electron chi connectivity index (χ1n) is 16.4. The molecule has 4 N–H and O–H groups in total. The Morgan fingerprint density at radius 1 is 1.02 bits per heavy atom. The molecular formula is C35H50N2O4. The molecule has 1 heterocycles. The van der Waals surface area contributed by atoms with Gasteiger partial charge in [-0.15, -0.1) is 0 Å². The fourth-order valence-corrected chi connectivity index (χ4v) is 10.8. The maximum atomic E-state index is 13.0. The first kappa shape index (κ1) is 28.8. The van der Waals surface area contributed by atoms with Crippen LogP contribution in [-0.4, -0.2) is 39.2 Å². The average molecular weight is 563 g/mol. The van der Waals surface area contributed by atoms with Gasteiger partial charge in [0, 0.05) is 29.9 Å². The van der Waals surface area contributed by atoms with Gasteiger partial charge in [0.15, 0.2) is 0 Å². The van der Waals surface area contributed by atoms with Crippen LogP contribution in [-0.2, 0) is 16.0 Å². The normalized spacial score (nSPS) is 38.0. The van der Waals surface area contributed by atoms with Crippen molar-refractivity contribution in [3.8, 4) is 0 Å². The number of carbonyl (C=O) groups is 2. The number of carboxylic acid groups (broad SMARTS) is 1. The molecule has 6 nitrogen and oxygen atoms in total. The Kier molecular flexibility index (Phi) is 7.76. The molecule has 6 rings (SSSR count). The summed E-state index contributed by atoms with van der Waals surface area (Å²) in [4.78, 5) is 28.3. The van der Waals surface area contributed by atoms with E-state index in [1.807, 2.05) is 30.5 Å². The molecule has 0 unspecified atom stereocenters. The Hall–Kier alpha value is -2.34. The Balaban J connectivity index is 1.06. The van der Waals surface area contributed by atoms with Crippen LogP contribution in [0.25, 0.3) is 10.9 Å². The van der Waals surface area contributed by atoms with Crippen LogP contribution in [0.5, 0.6) is 0 Å². The van der Waals surface area contributed by atoms with Crippen molar-refractivity contribution < 1.29 is 19.8 Å². The minimum Gasteiger partial charge on any atom is -0.480 e. The standard InChI is InChI=1S/C35H50N2O4/c1-21(8-13-32(39)37-31(33(40)41)18-22-20-36-30-7-5-4-6-25(22)30)27-11-12-28-26-10-9-23-19-24(38)14-16-34(23,2)29(26)15-17-35(27,28)3/h4-7,20-21,23-24,26-29,31,36,38H,8-19H2,1-3H3,(H,37,39)(H,40,41)/t21-,23-,24-,26+,27-,28+,29+,31-,34+,35-/m1/s1. The number of hydrogen-bond acceptors (Lipinski definition) is 3. The molecule has 224 valence electrons. The van der Waals surface area contributed by atoms with Gasteiger partial charge in [0.2, 0.25) is 5.91 Å². The Bertz CT molecular complexity index is 1270. The zero-order valence-corrected chi connectivity index (χ0v) is 25.2. The smallest absolute Gasteiger partial charge is 0.326 e. The van der Waals surface area contributed by atoms with Crippen LogP contribution in [0.2, 0.25) is 0 Å². The molecule has 2 aromatic rings. The van der Waals surface area contributed by atoms with E-state index in [0.717, 1.165) is 53.5 Å². The van der Waals surface area contributed by atoms with Gasteiger partial charge < -0.3 is 20.5 Å². The molecule has 0 spiro atoms. The number of benzene rings is 1. The lowest BCUT2D eigenvalue weighted by atomic mass is 9.44. The summed E-state index contributed by atoms with van der Waals surface area (Å²) >= 11 is 0. The molecule has 1 aromatic carbocycles. The summed E-state index contributed by atoms with van der Waals surface area (Å²) in [6.07, 6.45) is 14.2. The molecule has 0 aliphatic heterocycles. The van der Waals surface area contributed by atoms with Gasteiger partial charge in [0.25, 0.3) is 0 Å². The minimum atomic E-state index is -0.990. The molecule has 1 amide bonds. The van der Waals surface area contributed by atoms with Gasteiger partial charge in [-0.3, -0.25) is 4.79 Å². The Morgan fingerprint density at radius 2 is 1.78 bits per heavy atom. The summed E-state index contributed by atoms with van der Waals surface area (Å²) in [5.74, 6) is 3.01. The number of nitrogens with one attached hydrogen (secondary N) is 2. The topological polar surface area (TPSA) is 102 Å². The lowest BCUT2D eigenvalue weighted by Gasteiger charge is -2.61. The van der Waals surface area contributed by atoms with Crippen molar-refractivity contribution in [1.29, 1.82) is 0 Å². The van der Waals surface area contributed by atoms with Gasteiger partial charge in [0.05, 0.1) is 6.10 Å². The van der Waals surface area contributed by atoms with E-state index < -0.39 is 12.0 Å². The number of para-hydroxylation sites is 1. The summed E-state index contributed by atoms with van der Waals surface area (Å²) in [5, 5.41) is 24.0. The molecule has 4 aliphatic rings. The number of fused-ring (bicyclic) bond motifs is 6. The molecule has 41 heavy (non-hydrogen) atoms. The summed E-state index contributed by atoms with van der Waals surface area (Å²) in [5.41, 5.74) is 2.63. The molecule has 0 radical (unpaired) electrons. The maximum Gasteiger partial charge on any atom is 0.326 e. The van der Waals surface area contributed by atoms with E-state index in [1.54, 1.807) is 0 Å². The van der Waals surface area contributed by atoms with Gasteiger partial charge in [-0.05, 0) is 122 Å². The second-order valence-electron chi connectivity index (χ2n) is 14.9. The Morgan fingerprint density at radius 3 is 2.59 bits per heavy atom. The van der Waals surface area contributed by atoms with Gasteiger partial charge in [-0.25, -0.2) is 4.79 Å². The van der Waals surface area contributed by atoms with E-state index in [9.17, 15) is 19.8 Å². The molecule has 4 saturated carbocycles. The van der Waals surface area contributed by atoms with Crippen LogP contribution in [0.3, 0.4) is 0 Å². The van der Waals surface area contributed by atoms with Crippen LogP contribution in [0.15, 0.2) is 30.5 Å². The number of hydrogen-bond donors (Lipinski definition) is 4. The van der Waals surface area contributed by atoms with E-state index >= 15 is 0 Å². The second kappa shape index (κ2) is 11.1. The van der Waals surface area contributed by atoms with Crippen LogP contribution < -0.4 is 5.32 Å². The van der Waals surface area contributed by atoms with Crippen molar-refractivity contribution in [3.05, 3.63) is 36.0 Å². The number of aromatic amines is 1. The number of aliphatic carboxylic acids is 1. The molecule has 4 aliphatic carbocycles. The lowest BCUT2D eigenvalue weighted by Crippen LogP contribution is -2.54. The number of carbonyl (C=O) groups excluding carboxylic acids is 1. The number of amides is 1. The van der Waals surface area contributed by atoms with Crippen molar-refractivity contribution in [2.45, 2.75) is 110 Å². The average Bonchev–Trinajstić information content (AvgIpc) is 3.52. The van der Waals surface area contributed by atoms with Gasteiger partial charge >= 0.3 is 5.97 Å². The van der Waals surface area contributed by atoms with Gasteiger partial charge in [-0.2, -0.15) is 0 Å². The zero-order valence-electron chi connectivity index (χ0n) is 25.2. The summed E-state index contributed by atoms with van der Waals surface area (Å²) in [7, 11) is 0. The highest BCUT2D eigenvalue weighted by Gasteiger charge is 2.60. The monoisotopic (exact) mass is 562 g/mol. The summed E-state index contributed by atoms with van der Waals surface area (Å²) in [6, 6.07) is 6.92. The molecular weight excluding hydrogens is 512 g/mol. The predicted molar refractivity (Wildman–Crippen MR) is 161 cm³/mol. The molecule has 4 fully saturated rings.